The number of hydrogen-bond donors (Lipinski definition) is 0. The topological polar surface area (TPSA) is 0 Å². The van der Waals surface area contributed by atoms with Gasteiger partial charge in [-0.3, -0.25) is 0 Å². The third-order valence-corrected chi connectivity index (χ3v) is 6.12. The Labute approximate surface area is 67.7 Å². The Bertz CT molecular complexity index is 315. The Balaban J connectivity index is 2.08. The molecule has 0 amide bonds. The first-order valence-corrected chi connectivity index (χ1v) is 4.74. The Kier molecular flexibility index (Phi) is 0.413. The highest BCUT2D eigenvalue weighted by molar-refractivity contribution is 5.73. The minimum absolute atomic E-state index is 0.705. The van der Waals surface area contributed by atoms with Gasteiger partial charge < -0.3 is 0 Å². The molecule has 3 fully saturated rings. The average molecular weight is 146 g/mol. The minimum atomic E-state index is 0.705. The predicted octanol–water partition coefficient (Wildman–Crippen LogP) is 2.61. The van der Waals surface area contributed by atoms with Crippen LogP contribution in [0.1, 0.15) is 27.7 Å². The van der Waals surface area contributed by atoms with Crippen molar-refractivity contribution in [2.75, 3.05) is 0 Å². The molecule has 1 spiro atoms. The summed E-state index contributed by atoms with van der Waals surface area (Å²) >= 11 is 0. The van der Waals surface area contributed by atoms with Crippen LogP contribution in [0.2, 0.25) is 0 Å². The van der Waals surface area contributed by atoms with Gasteiger partial charge in [0.2, 0.25) is 0 Å². The maximum atomic E-state index is 2.49. The van der Waals surface area contributed by atoms with E-state index >= 15 is 0 Å². The highest BCUT2D eigenvalue weighted by atomic mass is 15.2. The van der Waals surface area contributed by atoms with Crippen molar-refractivity contribution >= 4 is 0 Å². The summed E-state index contributed by atoms with van der Waals surface area (Å²) < 4.78 is 0. The fourth-order valence-electron chi connectivity index (χ4n) is 5.28. The van der Waals surface area contributed by atoms with Crippen LogP contribution in [0.3, 0.4) is 0 Å². The first-order valence-electron chi connectivity index (χ1n) is 4.74. The van der Waals surface area contributed by atoms with Crippen LogP contribution in [0.5, 0.6) is 0 Å². The summed E-state index contributed by atoms with van der Waals surface area (Å²) in [5.74, 6) is 2.28. The fraction of sp³-hybridized carbons (Fsp3) is 0.818. The van der Waals surface area contributed by atoms with Gasteiger partial charge in [0.1, 0.15) is 0 Å². The molecule has 58 valence electrons. The van der Waals surface area contributed by atoms with E-state index in [1.54, 1.807) is 11.1 Å². The molecular weight excluding hydrogens is 132 g/mol. The van der Waals surface area contributed by atoms with Crippen molar-refractivity contribution in [3.8, 4) is 0 Å². The van der Waals surface area contributed by atoms with Crippen LogP contribution in [0.4, 0.5) is 0 Å². The van der Waals surface area contributed by atoms with Gasteiger partial charge >= 0.3 is 0 Å². The molecule has 0 aromatic rings. The van der Waals surface area contributed by atoms with Gasteiger partial charge in [0.15, 0.2) is 0 Å². The molecule has 0 aliphatic heterocycles. The van der Waals surface area contributed by atoms with E-state index in [1.807, 2.05) is 0 Å². The van der Waals surface area contributed by atoms with E-state index in [2.05, 4.69) is 27.7 Å². The number of rotatable bonds is 0. The predicted molar refractivity (Wildman–Crippen MR) is 44.0 cm³/mol. The Morgan fingerprint density at radius 3 is 1.45 bits per heavy atom. The van der Waals surface area contributed by atoms with Gasteiger partial charge in [0.05, 0.1) is 0 Å². The molecule has 3 saturated carbocycles. The van der Waals surface area contributed by atoms with Crippen LogP contribution in [0.15, 0.2) is 11.1 Å². The normalized spacial score (nSPS) is 79.6. The van der Waals surface area contributed by atoms with Gasteiger partial charge in [0, 0.05) is 0 Å². The lowest BCUT2D eigenvalue weighted by atomic mass is 9.80. The molecule has 0 nitrogen and oxygen atoms in total. The highest BCUT2D eigenvalue weighted by Crippen LogP contribution is 3.18. The Morgan fingerprint density at radius 2 is 1.27 bits per heavy atom. The molecule has 0 aromatic heterocycles. The third-order valence-electron chi connectivity index (χ3n) is 6.12. The minimum Gasteiger partial charge on any atom is -0.0670 e. The van der Waals surface area contributed by atoms with Crippen molar-refractivity contribution in [1.29, 1.82) is 0 Å². The molecule has 0 N–H and O–H groups in total. The van der Waals surface area contributed by atoms with Gasteiger partial charge in [-0.2, -0.15) is 0 Å². The van der Waals surface area contributed by atoms with Gasteiger partial charge in [0.25, 0.3) is 0 Å². The van der Waals surface area contributed by atoms with Gasteiger partial charge in [-0.15, -0.1) is 0 Å². The summed E-state index contributed by atoms with van der Waals surface area (Å²) in [7, 11) is 0. The van der Waals surface area contributed by atoms with Crippen molar-refractivity contribution in [1.82, 2.24) is 0 Å². The summed E-state index contributed by atoms with van der Waals surface area (Å²) in [6.45, 7) is 9.71. The van der Waals surface area contributed by atoms with E-state index in [0.717, 1.165) is 17.3 Å². The average Bonchev–Trinajstić information content (AvgIpc) is 2.81. The maximum Gasteiger partial charge on any atom is -0.000794 e. The number of hydrogen-bond acceptors (Lipinski definition) is 0. The van der Waals surface area contributed by atoms with Crippen LogP contribution in [-0.4, -0.2) is 0 Å². The lowest BCUT2D eigenvalue weighted by molar-refractivity contribution is 0.429. The quantitative estimate of drug-likeness (QED) is 0.461. The van der Waals surface area contributed by atoms with E-state index in [4.69, 9.17) is 0 Å². The summed E-state index contributed by atoms with van der Waals surface area (Å²) in [6.07, 6.45) is 0. The van der Waals surface area contributed by atoms with E-state index < -0.39 is 0 Å². The number of allylic oxidation sites excluding steroid dienone is 2. The molecule has 0 bridgehead atoms. The third kappa shape index (κ3) is 0.188. The van der Waals surface area contributed by atoms with E-state index in [9.17, 15) is 0 Å². The first-order chi connectivity index (χ1) is 5.05. The second kappa shape index (κ2) is 0.841. The van der Waals surface area contributed by atoms with E-state index in [-0.39, 0.29) is 0 Å². The van der Waals surface area contributed by atoms with Crippen molar-refractivity contribution in [3.63, 3.8) is 0 Å². The van der Waals surface area contributed by atoms with Crippen LogP contribution in [0, 0.1) is 28.1 Å². The highest BCUT2D eigenvalue weighted by Gasteiger charge is 3.15. The Hall–Kier alpha value is -0.260. The molecule has 11 heavy (non-hydrogen) atoms. The molecule has 4 aliphatic carbocycles. The largest absolute Gasteiger partial charge is 0.0670 e. The second-order valence-corrected chi connectivity index (χ2v) is 5.48. The number of fused-ring (bicyclic) bond motifs is 3. The van der Waals surface area contributed by atoms with Crippen LogP contribution < -0.4 is 0 Å². The van der Waals surface area contributed by atoms with Crippen molar-refractivity contribution < 1.29 is 0 Å². The molecule has 0 heterocycles. The molecule has 0 aromatic carbocycles. The lowest BCUT2D eigenvalue weighted by Crippen LogP contribution is -2.15. The molecule has 4 atom stereocenters. The van der Waals surface area contributed by atoms with Crippen molar-refractivity contribution in [2.45, 2.75) is 27.7 Å². The molecule has 4 aliphatic rings. The Morgan fingerprint density at radius 1 is 0.909 bits per heavy atom. The van der Waals surface area contributed by atoms with Crippen LogP contribution in [0.25, 0.3) is 0 Å². The standard InChI is InChI=1S/C11H14/c1-5-6(2)10(4)8-7-9(5,3)11(7,8)10/h7-8H,1-4H3. The fourth-order valence-corrected chi connectivity index (χ4v) is 5.28. The SMILES string of the molecule is CC1=C(C)C2(C)C3C4C1(C)C432. The molecule has 4 unspecified atom stereocenters. The van der Waals surface area contributed by atoms with E-state index in [1.165, 1.54) is 0 Å². The second-order valence-electron chi connectivity index (χ2n) is 5.48. The zero-order valence-electron chi connectivity index (χ0n) is 7.65. The molecule has 4 rings (SSSR count). The van der Waals surface area contributed by atoms with Gasteiger partial charge in [-0.1, -0.05) is 25.0 Å². The van der Waals surface area contributed by atoms with Gasteiger partial charge in [-0.25, -0.2) is 0 Å². The zero-order valence-corrected chi connectivity index (χ0v) is 7.65. The summed E-state index contributed by atoms with van der Waals surface area (Å²) in [5, 5.41) is 0. The lowest BCUT2D eigenvalue weighted by Gasteiger charge is -2.25. The summed E-state index contributed by atoms with van der Waals surface area (Å²) in [5.41, 5.74) is 5.75. The first kappa shape index (κ1) is 5.40. The van der Waals surface area contributed by atoms with E-state index in [0.29, 0.717) is 10.8 Å². The molecule has 0 heteroatoms. The van der Waals surface area contributed by atoms with Crippen LogP contribution in [-0.2, 0) is 0 Å². The maximum absolute atomic E-state index is 2.49. The molecule has 0 saturated heterocycles. The smallest absolute Gasteiger partial charge is 0.000794 e. The zero-order chi connectivity index (χ0) is 7.81. The van der Waals surface area contributed by atoms with Crippen molar-refractivity contribution in [2.24, 2.45) is 28.1 Å². The molecule has 0 radical (unpaired) electrons. The summed E-state index contributed by atoms with van der Waals surface area (Å²) in [4.78, 5) is 0. The monoisotopic (exact) mass is 146 g/mol. The molecular formula is C11H14. The summed E-state index contributed by atoms with van der Waals surface area (Å²) in [6, 6.07) is 0. The van der Waals surface area contributed by atoms with Crippen molar-refractivity contribution in [3.05, 3.63) is 11.1 Å². The van der Waals surface area contributed by atoms with Gasteiger partial charge in [-0.05, 0) is 41.9 Å². The van der Waals surface area contributed by atoms with Crippen LogP contribution >= 0.6 is 0 Å².